The number of piperidine rings is 1. The Balaban J connectivity index is 1.68. The van der Waals surface area contributed by atoms with E-state index in [9.17, 15) is 24.0 Å². The number of anilines is 1. The summed E-state index contributed by atoms with van der Waals surface area (Å²) in [6.45, 7) is 7.23. The van der Waals surface area contributed by atoms with Crippen molar-refractivity contribution in [3.8, 4) is 0 Å². The van der Waals surface area contributed by atoms with Gasteiger partial charge in [0.1, 0.15) is 17.8 Å². The minimum atomic E-state index is -1.28. The molecule has 13 heteroatoms. The number of hydrogen-bond acceptors (Lipinski definition) is 8. The molecule has 0 saturated carbocycles. The van der Waals surface area contributed by atoms with Crippen LogP contribution in [-0.2, 0) is 20.9 Å². The number of fused-ring (bicyclic) bond motifs is 1. The Morgan fingerprint density at radius 2 is 1.95 bits per heavy atom. The van der Waals surface area contributed by atoms with Gasteiger partial charge in [0.05, 0.1) is 27.5 Å². The maximum absolute atomic E-state index is 14.4. The van der Waals surface area contributed by atoms with Crippen LogP contribution in [0.5, 0.6) is 0 Å². The average Bonchev–Trinajstić information content (AvgIpc) is 3.48. The number of aromatic nitrogens is 2. The van der Waals surface area contributed by atoms with Crippen molar-refractivity contribution >= 4 is 58.2 Å². The summed E-state index contributed by atoms with van der Waals surface area (Å²) in [6.07, 6.45) is 3.09. The number of aryl methyl sites for hydroxylation is 1. The molecule has 4 heterocycles. The van der Waals surface area contributed by atoms with Gasteiger partial charge in [-0.3, -0.25) is 39.2 Å². The molecule has 1 fully saturated rings. The van der Waals surface area contributed by atoms with Crippen molar-refractivity contribution in [2.75, 3.05) is 4.90 Å². The summed E-state index contributed by atoms with van der Waals surface area (Å²) in [7, 11) is 0. The Morgan fingerprint density at radius 3 is 2.60 bits per heavy atom. The van der Waals surface area contributed by atoms with E-state index in [-0.39, 0.29) is 36.3 Å². The van der Waals surface area contributed by atoms with Gasteiger partial charge >= 0.3 is 0 Å². The van der Waals surface area contributed by atoms with Crippen LogP contribution in [0.15, 0.2) is 42.0 Å². The highest BCUT2D eigenvalue weighted by molar-refractivity contribution is 7.14. The van der Waals surface area contributed by atoms with Crippen LogP contribution in [0, 0.1) is 6.92 Å². The Morgan fingerprint density at radius 1 is 1.19 bits per heavy atom. The van der Waals surface area contributed by atoms with Gasteiger partial charge in [0.15, 0.2) is 0 Å². The largest absolute Gasteiger partial charge is 0.349 e. The lowest BCUT2D eigenvalue weighted by Crippen LogP contribution is -2.52. The summed E-state index contributed by atoms with van der Waals surface area (Å²) in [4.78, 5) is 77.9. The summed E-state index contributed by atoms with van der Waals surface area (Å²) in [5.41, 5.74) is 1.09. The van der Waals surface area contributed by atoms with Crippen molar-refractivity contribution in [2.45, 2.75) is 64.7 Å². The molecule has 5 amide bonds. The number of carbonyl (C=O) groups excluding carboxylic acids is 5. The van der Waals surface area contributed by atoms with E-state index < -0.39 is 47.2 Å². The summed E-state index contributed by atoms with van der Waals surface area (Å²) < 4.78 is 0.307. The lowest BCUT2D eigenvalue weighted by Gasteiger charge is -2.34. The van der Waals surface area contributed by atoms with Crippen molar-refractivity contribution < 1.29 is 24.0 Å². The van der Waals surface area contributed by atoms with Crippen LogP contribution >= 0.6 is 22.9 Å². The number of benzene rings is 1. The predicted molar refractivity (Wildman–Crippen MR) is 156 cm³/mol. The molecule has 0 bridgehead atoms. The summed E-state index contributed by atoms with van der Waals surface area (Å²) in [6, 6.07) is 4.55. The van der Waals surface area contributed by atoms with Gasteiger partial charge in [-0.2, -0.15) is 0 Å². The number of halogens is 1. The van der Waals surface area contributed by atoms with Crippen LogP contribution in [0.1, 0.15) is 77.3 Å². The minimum absolute atomic E-state index is 0.0278. The van der Waals surface area contributed by atoms with E-state index >= 15 is 0 Å². The number of carbonyl (C=O) groups is 5. The third-order valence-electron chi connectivity index (χ3n) is 6.93. The van der Waals surface area contributed by atoms with Crippen LogP contribution in [0.4, 0.5) is 5.69 Å². The average molecular weight is 609 g/mol. The van der Waals surface area contributed by atoms with Gasteiger partial charge in [-0.15, -0.1) is 11.3 Å². The van der Waals surface area contributed by atoms with Gasteiger partial charge < -0.3 is 10.2 Å². The molecule has 0 aliphatic carbocycles. The quantitative estimate of drug-likeness (QED) is 0.408. The van der Waals surface area contributed by atoms with Crippen LogP contribution in [0.3, 0.4) is 0 Å². The minimum Gasteiger partial charge on any atom is -0.349 e. The molecule has 5 rings (SSSR count). The molecule has 2 atom stereocenters. The first-order valence-electron chi connectivity index (χ1n) is 13.3. The Labute approximate surface area is 251 Å². The highest BCUT2D eigenvalue weighted by atomic mass is 35.5. The van der Waals surface area contributed by atoms with E-state index in [1.165, 1.54) is 33.5 Å². The molecule has 1 saturated heterocycles. The van der Waals surface area contributed by atoms with Crippen molar-refractivity contribution in [1.82, 2.24) is 25.5 Å². The first kappa shape index (κ1) is 29.3. The fourth-order valence-corrected chi connectivity index (χ4v) is 6.16. The Bertz CT molecular complexity index is 1620. The molecular formula is C29H29ClN6O5S. The van der Waals surface area contributed by atoms with E-state index in [0.29, 0.717) is 21.2 Å². The summed E-state index contributed by atoms with van der Waals surface area (Å²) in [5.74, 6) is -2.61. The molecule has 2 aromatic heterocycles. The van der Waals surface area contributed by atoms with Gasteiger partial charge in [0, 0.05) is 30.3 Å². The Kier molecular flexibility index (Phi) is 7.86. The highest BCUT2D eigenvalue weighted by Crippen LogP contribution is 2.41. The predicted octanol–water partition coefficient (Wildman–Crippen LogP) is 3.56. The van der Waals surface area contributed by atoms with Gasteiger partial charge in [-0.25, -0.2) is 4.98 Å². The normalized spacial score (nSPS) is 17.5. The topological polar surface area (TPSA) is 142 Å². The fraction of sp³-hybridized carbons (Fsp3) is 0.345. The second-order valence-corrected chi connectivity index (χ2v) is 12.7. The van der Waals surface area contributed by atoms with E-state index in [4.69, 9.17) is 11.6 Å². The molecular weight excluding hydrogens is 580 g/mol. The van der Waals surface area contributed by atoms with E-state index in [1.54, 1.807) is 36.6 Å². The second kappa shape index (κ2) is 11.3. The number of nitrogens with zero attached hydrogens (tertiary/aromatic N) is 4. The molecule has 42 heavy (non-hydrogen) atoms. The number of imide groups is 1. The smallest absolute Gasteiger partial charge is 0.279 e. The Hall–Kier alpha value is -4.16. The van der Waals surface area contributed by atoms with Crippen LogP contribution in [0.2, 0.25) is 4.34 Å². The van der Waals surface area contributed by atoms with Crippen LogP contribution < -0.4 is 15.5 Å². The summed E-state index contributed by atoms with van der Waals surface area (Å²) in [5, 5.41) is 6.96. The molecule has 2 unspecified atom stereocenters. The van der Waals surface area contributed by atoms with E-state index in [2.05, 4.69) is 20.6 Å². The number of nitrogens with one attached hydrogen (secondary N) is 2. The highest BCUT2D eigenvalue weighted by Gasteiger charge is 2.44. The molecule has 218 valence electrons. The maximum Gasteiger partial charge on any atom is 0.279 e. The zero-order chi connectivity index (χ0) is 30.3. The first-order valence-corrected chi connectivity index (χ1v) is 14.5. The molecule has 11 nitrogen and oxygen atoms in total. The van der Waals surface area contributed by atoms with Gasteiger partial charge in [0.25, 0.3) is 11.8 Å². The SMILES string of the molecule is Cc1cncc(C(=O)N(c2cccc3c2C(=O)N(C2CCC(=O)NC2=O)C3)C(C(=O)NC(C)(C)C)c2ccsc2Cl)n1. The third-order valence-corrected chi connectivity index (χ3v) is 8.13. The monoisotopic (exact) mass is 608 g/mol. The van der Waals surface area contributed by atoms with Crippen molar-refractivity contribution in [3.63, 3.8) is 0 Å². The maximum atomic E-state index is 14.4. The zero-order valence-corrected chi connectivity index (χ0v) is 25.0. The van der Waals surface area contributed by atoms with Gasteiger partial charge in [-0.05, 0) is 57.2 Å². The lowest BCUT2D eigenvalue weighted by atomic mass is 10.00. The number of rotatable bonds is 6. The molecule has 2 aliphatic heterocycles. The molecule has 1 aromatic carbocycles. The number of thiophene rings is 1. The molecule has 3 aromatic rings. The fourth-order valence-electron chi connectivity index (χ4n) is 5.19. The van der Waals surface area contributed by atoms with Crippen LogP contribution in [-0.4, -0.2) is 56.0 Å². The van der Waals surface area contributed by atoms with Crippen molar-refractivity contribution in [2.24, 2.45) is 0 Å². The molecule has 2 aliphatic rings. The van der Waals surface area contributed by atoms with E-state index in [1.807, 2.05) is 20.8 Å². The number of amides is 5. The summed E-state index contributed by atoms with van der Waals surface area (Å²) >= 11 is 7.79. The molecule has 0 radical (unpaired) electrons. The molecule has 0 spiro atoms. The van der Waals surface area contributed by atoms with Crippen molar-refractivity contribution in [3.05, 3.63) is 74.5 Å². The van der Waals surface area contributed by atoms with E-state index in [0.717, 1.165) is 0 Å². The molecule has 2 N–H and O–H groups in total. The van der Waals surface area contributed by atoms with Crippen molar-refractivity contribution in [1.29, 1.82) is 0 Å². The standard InChI is InChI=1S/C29H29ClN6O5S/c1-15-12-31-13-18(32-15)27(40)36(23(17-10-11-42-24(17)30)26(39)34-29(2,3)4)19-7-5-6-16-14-35(28(41)22(16)19)20-8-9-21(37)33-25(20)38/h5-7,10-13,20,23H,8-9,14H2,1-4H3,(H,34,39)(H,33,37,38). The van der Waals surface area contributed by atoms with Gasteiger partial charge in [0.2, 0.25) is 17.7 Å². The number of hydrogen-bond donors (Lipinski definition) is 2. The third kappa shape index (κ3) is 5.64. The zero-order valence-electron chi connectivity index (χ0n) is 23.4. The van der Waals surface area contributed by atoms with Crippen LogP contribution in [0.25, 0.3) is 0 Å². The first-order chi connectivity index (χ1) is 19.9. The lowest BCUT2D eigenvalue weighted by molar-refractivity contribution is -0.137. The van der Waals surface area contributed by atoms with Gasteiger partial charge in [-0.1, -0.05) is 23.7 Å². The second-order valence-electron chi connectivity index (χ2n) is 11.2.